The first-order chi connectivity index (χ1) is 11.5. The number of benzene rings is 2. The van der Waals surface area contributed by atoms with Crippen LogP contribution < -0.4 is 4.90 Å². The molecule has 3 rings (SSSR count). The zero-order valence-corrected chi connectivity index (χ0v) is 14.3. The first-order valence-electron chi connectivity index (χ1n) is 8.17. The van der Waals surface area contributed by atoms with Crippen molar-refractivity contribution in [3.05, 3.63) is 65.7 Å². The molecule has 2 aromatic carbocycles. The average molecular weight is 322 g/mol. The normalized spacial score (nSPS) is 18.0. The van der Waals surface area contributed by atoms with E-state index >= 15 is 0 Å². The molecule has 4 nitrogen and oxygen atoms in total. The van der Waals surface area contributed by atoms with Gasteiger partial charge in [-0.05, 0) is 24.1 Å². The molecular weight excluding hydrogens is 300 g/mol. The highest BCUT2D eigenvalue weighted by Gasteiger charge is 2.36. The lowest BCUT2D eigenvalue weighted by molar-refractivity contribution is -0.135. The lowest BCUT2D eigenvalue weighted by Gasteiger charge is -2.35. The Bertz CT molecular complexity index is 757. The summed E-state index contributed by atoms with van der Waals surface area (Å²) >= 11 is 0. The Kier molecular flexibility index (Phi) is 4.38. The van der Waals surface area contributed by atoms with Crippen molar-refractivity contribution in [2.45, 2.75) is 25.3 Å². The van der Waals surface area contributed by atoms with Crippen LogP contribution in [0.5, 0.6) is 0 Å². The van der Waals surface area contributed by atoms with Gasteiger partial charge in [0, 0.05) is 26.2 Å². The zero-order chi connectivity index (χ0) is 17.3. The summed E-state index contributed by atoms with van der Waals surface area (Å²) < 4.78 is 0. The van der Waals surface area contributed by atoms with E-state index in [9.17, 15) is 9.59 Å². The molecule has 0 radical (unpaired) electrons. The second-order valence-corrected chi connectivity index (χ2v) is 6.30. The van der Waals surface area contributed by atoms with Crippen LogP contribution in [0.1, 0.15) is 36.4 Å². The summed E-state index contributed by atoms with van der Waals surface area (Å²) in [5.74, 6) is -0.450. The number of hydrogen-bond acceptors (Lipinski definition) is 2. The molecule has 2 unspecified atom stereocenters. The SMILES string of the molecule is CC(c1ccccc1)N(C)C(=O)C1CC(=O)N(C)c2ccccc21. The maximum absolute atomic E-state index is 13.1. The Morgan fingerprint density at radius 2 is 1.75 bits per heavy atom. The van der Waals surface area contributed by atoms with E-state index in [1.54, 1.807) is 16.8 Å². The smallest absolute Gasteiger partial charge is 0.230 e. The Morgan fingerprint density at radius 3 is 2.46 bits per heavy atom. The van der Waals surface area contributed by atoms with Crippen LogP contribution in [0, 0.1) is 0 Å². The van der Waals surface area contributed by atoms with Gasteiger partial charge < -0.3 is 9.80 Å². The van der Waals surface area contributed by atoms with Crippen molar-refractivity contribution in [1.82, 2.24) is 4.90 Å². The quantitative estimate of drug-likeness (QED) is 0.869. The van der Waals surface area contributed by atoms with Crippen LogP contribution in [0.2, 0.25) is 0 Å². The summed E-state index contributed by atoms with van der Waals surface area (Å²) in [4.78, 5) is 28.8. The van der Waals surface area contributed by atoms with Gasteiger partial charge in [0.15, 0.2) is 0 Å². The summed E-state index contributed by atoms with van der Waals surface area (Å²) in [5.41, 5.74) is 2.84. The number of carbonyl (C=O) groups excluding carboxylic acids is 2. The molecular formula is C20H22N2O2. The van der Waals surface area contributed by atoms with E-state index in [-0.39, 0.29) is 24.3 Å². The molecule has 0 saturated carbocycles. The first-order valence-corrected chi connectivity index (χ1v) is 8.17. The third kappa shape index (κ3) is 2.80. The fourth-order valence-electron chi connectivity index (χ4n) is 3.26. The molecule has 0 aliphatic carbocycles. The fourth-order valence-corrected chi connectivity index (χ4v) is 3.26. The first kappa shape index (κ1) is 16.2. The Labute approximate surface area is 142 Å². The molecule has 124 valence electrons. The number of para-hydroxylation sites is 1. The van der Waals surface area contributed by atoms with E-state index in [1.165, 1.54) is 0 Å². The van der Waals surface area contributed by atoms with Crippen LogP contribution >= 0.6 is 0 Å². The lowest BCUT2D eigenvalue weighted by atomic mass is 9.88. The summed E-state index contributed by atoms with van der Waals surface area (Å²) in [5, 5.41) is 0. The van der Waals surface area contributed by atoms with Crippen LogP contribution in [-0.2, 0) is 9.59 Å². The van der Waals surface area contributed by atoms with Gasteiger partial charge in [-0.3, -0.25) is 9.59 Å². The molecule has 0 saturated heterocycles. The molecule has 0 fully saturated rings. The number of anilines is 1. The minimum Gasteiger partial charge on any atom is -0.338 e. The van der Waals surface area contributed by atoms with E-state index in [0.717, 1.165) is 16.8 Å². The van der Waals surface area contributed by atoms with Crippen LogP contribution in [0.3, 0.4) is 0 Å². The number of nitrogens with zero attached hydrogens (tertiary/aromatic N) is 2. The predicted octanol–water partition coefficient (Wildman–Crippen LogP) is 3.36. The van der Waals surface area contributed by atoms with Crippen molar-refractivity contribution in [3.63, 3.8) is 0 Å². The highest BCUT2D eigenvalue weighted by atomic mass is 16.2. The topological polar surface area (TPSA) is 40.6 Å². The van der Waals surface area contributed by atoms with Gasteiger partial charge >= 0.3 is 0 Å². The molecule has 2 atom stereocenters. The van der Waals surface area contributed by atoms with E-state index in [1.807, 2.05) is 68.6 Å². The highest BCUT2D eigenvalue weighted by molar-refractivity contribution is 6.02. The van der Waals surface area contributed by atoms with Gasteiger partial charge in [0.1, 0.15) is 0 Å². The molecule has 2 aromatic rings. The van der Waals surface area contributed by atoms with E-state index in [4.69, 9.17) is 0 Å². The van der Waals surface area contributed by atoms with Gasteiger partial charge in [0.05, 0.1) is 12.0 Å². The summed E-state index contributed by atoms with van der Waals surface area (Å²) in [6.07, 6.45) is 0.220. The monoisotopic (exact) mass is 322 g/mol. The molecule has 1 heterocycles. The Morgan fingerprint density at radius 1 is 1.12 bits per heavy atom. The van der Waals surface area contributed by atoms with Gasteiger partial charge in [0.2, 0.25) is 11.8 Å². The Hall–Kier alpha value is -2.62. The summed E-state index contributed by atoms with van der Waals surface area (Å²) in [7, 11) is 3.57. The van der Waals surface area contributed by atoms with Crippen molar-refractivity contribution < 1.29 is 9.59 Å². The van der Waals surface area contributed by atoms with Gasteiger partial charge in [-0.15, -0.1) is 0 Å². The maximum atomic E-state index is 13.1. The largest absolute Gasteiger partial charge is 0.338 e. The molecule has 0 spiro atoms. The number of likely N-dealkylation sites (N-methyl/N-ethyl adjacent to an activating group) is 1. The van der Waals surface area contributed by atoms with Gasteiger partial charge in [-0.1, -0.05) is 48.5 Å². The second-order valence-electron chi connectivity index (χ2n) is 6.30. The van der Waals surface area contributed by atoms with E-state index < -0.39 is 5.92 Å². The lowest BCUT2D eigenvalue weighted by Crippen LogP contribution is -2.40. The van der Waals surface area contributed by atoms with E-state index in [2.05, 4.69) is 0 Å². The minimum absolute atomic E-state index is 0.0137. The fraction of sp³-hybridized carbons (Fsp3) is 0.300. The Balaban J connectivity index is 1.90. The molecule has 24 heavy (non-hydrogen) atoms. The van der Waals surface area contributed by atoms with Crippen molar-refractivity contribution in [2.75, 3.05) is 19.0 Å². The predicted molar refractivity (Wildman–Crippen MR) is 94.8 cm³/mol. The minimum atomic E-state index is -0.416. The maximum Gasteiger partial charge on any atom is 0.230 e. The van der Waals surface area contributed by atoms with Crippen molar-refractivity contribution in [3.8, 4) is 0 Å². The van der Waals surface area contributed by atoms with E-state index in [0.29, 0.717) is 0 Å². The number of fused-ring (bicyclic) bond motifs is 1. The van der Waals surface area contributed by atoms with Crippen molar-refractivity contribution >= 4 is 17.5 Å². The average Bonchev–Trinajstić information content (AvgIpc) is 2.63. The van der Waals surface area contributed by atoms with Gasteiger partial charge in [0.25, 0.3) is 0 Å². The van der Waals surface area contributed by atoms with Gasteiger partial charge in [-0.25, -0.2) is 0 Å². The molecule has 1 aliphatic rings. The second kappa shape index (κ2) is 6.48. The van der Waals surface area contributed by atoms with Gasteiger partial charge in [-0.2, -0.15) is 0 Å². The number of amides is 2. The molecule has 4 heteroatoms. The van der Waals surface area contributed by atoms with Crippen molar-refractivity contribution in [1.29, 1.82) is 0 Å². The van der Waals surface area contributed by atoms with Crippen molar-refractivity contribution in [2.24, 2.45) is 0 Å². The highest BCUT2D eigenvalue weighted by Crippen LogP contribution is 2.37. The molecule has 0 aromatic heterocycles. The van der Waals surface area contributed by atoms with Crippen LogP contribution in [0.4, 0.5) is 5.69 Å². The number of rotatable bonds is 3. The summed E-state index contributed by atoms with van der Waals surface area (Å²) in [6.45, 7) is 2.01. The zero-order valence-electron chi connectivity index (χ0n) is 14.3. The van der Waals surface area contributed by atoms with Crippen LogP contribution in [0.15, 0.2) is 54.6 Å². The molecule has 0 bridgehead atoms. The number of carbonyl (C=O) groups is 2. The number of hydrogen-bond donors (Lipinski definition) is 0. The van der Waals surface area contributed by atoms with Crippen LogP contribution in [0.25, 0.3) is 0 Å². The third-order valence-corrected chi connectivity index (χ3v) is 4.94. The molecule has 2 amide bonds. The standard InChI is InChI=1S/C20H22N2O2/c1-14(15-9-5-4-6-10-15)21(2)20(24)17-13-19(23)22(3)18-12-8-7-11-16(17)18/h4-12,14,17H,13H2,1-3H3. The summed E-state index contributed by atoms with van der Waals surface area (Å²) in [6, 6.07) is 17.6. The third-order valence-electron chi connectivity index (χ3n) is 4.94. The molecule has 0 N–H and O–H groups in total. The van der Waals surface area contributed by atoms with Crippen LogP contribution in [-0.4, -0.2) is 30.8 Å². The molecule has 1 aliphatic heterocycles.